The Morgan fingerprint density at radius 3 is 2.92 bits per heavy atom. The minimum atomic E-state index is -0.110. The first-order valence-corrected chi connectivity index (χ1v) is 9.65. The van der Waals surface area contributed by atoms with Crippen molar-refractivity contribution in [2.24, 2.45) is 0 Å². The summed E-state index contributed by atoms with van der Waals surface area (Å²) in [5, 5.41) is 12.6. The summed E-state index contributed by atoms with van der Waals surface area (Å²) in [5.74, 6) is 1.12. The number of aromatic nitrogens is 2. The number of hydrogen-bond acceptors (Lipinski definition) is 6. The number of aryl methyl sites for hydroxylation is 1. The summed E-state index contributed by atoms with van der Waals surface area (Å²) in [6, 6.07) is 11.3. The van der Waals surface area contributed by atoms with E-state index in [1.54, 1.807) is 12.1 Å². The van der Waals surface area contributed by atoms with Crippen LogP contribution in [0.4, 0.5) is 0 Å². The number of aromatic amines is 1. The third-order valence-corrected chi connectivity index (χ3v) is 5.70. The Morgan fingerprint density at radius 1 is 1.44 bits per heavy atom. The second-order valence-corrected chi connectivity index (χ2v) is 8.21. The number of rotatable bonds is 4. The number of nitrogens with zero attached hydrogens (tertiary/aromatic N) is 2. The largest absolute Gasteiger partial charge is 0.367 e. The van der Waals surface area contributed by atoms with E-state index in [-0.39, 0.29) is 5.56 Å². The van der Waals surface area contributed by atoms with Crippen molar-refractivity contribution in [2.75, 3.05) is 0 Å². The predicted molar refractivity (Wildman–Crippen MR) is 107 cm³/mol. The molecule has 5 nitrogen and oxygen atoms in total. The van der Waals surface area contributed by atoms with Crippen LogP contribution in [-0.2, 0) is 12.3 Å². The highest BCUT2D eigenvalue weighted by Crippen LogP contribution is 2.20. The van der Waals surface area contributed by atoms with E-state index in [0.29, 0.717) is 33.4 Å². The fourth-order valence-electron chi connectivity index (χ4n) is 2.22. The number of thioether (sulfide) groups is 1. The van der Waals surface area contributed by atoms with E-state index in [9.17, 15) is 4.79 Å². The second kappa shape index (κ2) is 7.78. The standard InChI is InChI=1S/C17H14N4OS3/c1-10-6-13-15(22)20-14(21-16(13)25-10)9-24-17(23)19-8-12-4-2-11(7-18)3-5-12/h2-6H,8-9H2,1H3,(H,19,23)(H,20,21,22). The molecule has 126 valence electrons. The molecule has 0 saturated heterocycles. The van der Waals surface area contributed by atoms with E-state index >= 15 is 0 Å². The van der Waals surface area contributed by atoms with Crippen molar-refractivity contribution >= 4 is 49.9 Å². The summed E-state index contributed by atoms with van der Waals surface area (Å²) in [6.07, 6.45) is 0. The minimum Gasteiger partial charge on any atom is -0.367 e. The lowest BCUT2D eigenvalue weighted by atomic mass is 10.1. The summed E-state index contributed by atoms with van der Waals surface area (Å²) in [4.78, 5) is 21.2. The zero-order chi connectivity index (χ0) is 17.8. The molecule has 1 aromatic carbocycles. The molecule has 25 heavy (non-hydrogen) atoms. The Morgan fingerprint density at radius 2 is 2.20 bits per heavy atom. The van der Waals surface area contributed by atoms with Gasteiger partial charge in [0.15, 0.2) is 0 Å². The third-order valence-electron chi connectivity index (χ3n) is 3.43. The number of nitrogens with one attached hydrogen (secondary N) is 2. The van der Waals surface area contributed by atoms with Crippen molar-refractivity contribution in [1.29, 1.82) is 5.26 Å². The molecule has 0 radical (unpaired) electrons. The molecule has 0 amide bonds. The first-order chi connectivity index (χ1) is 12.0. The smallest absolute Gasteiger partial charge is 0.259 e. The number of nitriles is 1. The maximum atomic E-state index is 12.1. The summed E-state index contributed by atoms with van der Waals surface area (Å²) >= 11 is 8.25. The fourth-order valence-corrected chi connectivity index (χ4v) is 3.95. The maximum absolute atomic E-state index is 12.1. The summed E-state index contributed by atoms with van der Waals surface area (Å²) in [5.41, 5.74) is 1.57. The fraction of sp³-hybridized carbons (Fsp3) is 0.176. The third kappa shape index (κ3) is 4.45. The Bertz CT molecular complexity index is 1020. The van der Waals surface area contributed by atoms with Crippen LogP contribution in [0.15, 0.2) is 35.1 Å². The highest BCUT2D eigenvalue weighted by Gasteiger charge is 2.08. The molecular weight excluding hydrogens is 372 g/mol. The number of thiophene rings is 1. The van der Waals surface area contributed by atoms with Crippen molar-refractivity contribution in [1.82, 2.24) is 15.3 Å². The van der Waals surface area contributed by atoms with Gasteiger partial charge in [0.05, 0.1) is 22.8 Å². The van der Waals surface area contributed by atoms with Gasteiger partial charge in [-0.1, -0.05) is 36.1 Å². The van der Waals surface area contributed by atoms with Crippen molar-refractivity contribution in [3.63, 3.8) is 0 Å². The lowest BCUT2D eigenvalue weighted by Crippen LogP contribution is -2.18. The second-order valence-electron chi connectivity index (χ2n) is 5.33. The first kappa shape index (κ1) is 17.6. The van der Waals surface area contributed by atoms with Gasteiger partial charge in [0.25, 0.3) is 5.56 Å². The lowest BCUT2D eigenvalue weighted by molar-refractivity contribution is 0.939. The zero-order valence-corrected chi connectivity index (χ0v) is 15.8. The number of H-pyrrole nitrogens is 1. The molecule has 0 fully saturated rings. The zero-order valence-electron chi connectivity index (χ0n) is 13.3. The quantitative estimate of drug-likeness (QED) is 0.668. The molecule has 3 rings (SSSR count). The number of benzene rings is 1. The van der Waals surface area contributed by atoms with Crippen LogP contribution < -0.4 is 10.9 Å². The van der Waals surface area contributed by atoms with Crippen LogP contribution >= 0.6 is 35.3 Å². The molecule has 2 aromatic heterocycles. The Labute approximate surface area is 158 Å². The summed E-state index contributed by atoms with van der Waals surface area (Å²) in [7, 11) is 0. The van der Waals surface area contributed by atoms with Crippen molar-refractivity contribution in [2.45, 2.75) is 19.2 Å². The molecule has 0 bridgehead atoms. The molecule has 2 heterocycles. The van der Waals surface area contributed by atoms with E-state index in [2.05, 4.69) is 21.4 Å². The van der Waals surface area contributed by atoms with Crippen molar-refractivity contribution < 1.29 is 0 Å². The molecule has 0 spiro atoms. The highest BCUT2D eigenvalue weighted by atomic mass is 32.2. The van der Waals surface area contributed by atoms with Gasteiger partial charge in [-0.15, -0.1) is 11.3 Å². The van der Waals surface area contributed by atoms with Gasteiger partial charge < -0.3 is 10.3 Å². The van der Waals surface area contributed by atoms with Crippen LogP contribution in [0.3, 0.4) is 0 Å². The van der Waals surface area contributed by atoms with E-state index in [1.807, 2.05) is 25.1 Å². The average molecular weight is 387 g/mol. The molecule has 0 aliphatic carbocycles. The molecule has 0 atom stereocenters. The van der Waals surface area contributed by atoms with E-state index in [0.717, 1.165) is 15.3 Å². The predicted octanol–water partition coefficient (Wildman–Crippen LogP) is 3.47. The van der Waals surface area contributed by atoms with Gasteiger partial charge in [0.1, 0.15) is 15.0 Å². The van der Waals surface area contributed by atoms with Gasteiger partial charge in [0, 0.05) is 11.4 Å². The van der Waals surface area contributed by atoms with Gasteiger partial charge in [-0.3, -0.25) is 4.79 Å². The van der Waals surface area contributed by atoms with Gasteiger partial charge in [-0.05, 0) is 30.7 Å². The SMILES string of the molecule is Cc1cc2c(=O)[nH]c(CSC(=S)NCc3ccc(C#N)cc3)nc2s1. The first-order valence-electron chi connectivity index (χ1n) is 7.44. The Hall–Kier alpha value is -2.21. The molecule has 2 N–H and O–H groups in total. The topological polar surface area (TPSA) is 81.6 Å². The Kier molecular flexibility index (Phi) is 5.48. The summed E-state index contributed by atoms with van der Waals surface area (Å²) in [6.45, 7) is 2.55. The molecule has 3 aromatic rings. The molecule has 0 unspecified atom stereocenters. The van der Waals surface area contributed by atoms with Gasteiger partial charge in [-0.25, -0.2) is 4.98 Å². The van der Waals surface area contributed by atoms with Crippen LogP contribution in [0, 0.1) is 18.3 Å². The van der Waals surface area contributed by atoms with Crippen LogP contribution in [0.2, 0.25) is 0 Å². The minimum absolute atomic E-state index is 0.110. The van der Waals surface area contributed by atoms with Crippen molar-refractivity contribution in [3.05, 3.63) is 62.5 Å². The van der Waals surface area contributed by atoms with Gasteiger partial charge in [-0.2, -0.15) is 5.26 Å². The normalized spacial score (nSPS) is 10.6. The lowest BCUT2D eigenvalue weighted by Gasteiger charge is -2.07. The molecular formula is C17H14N4OS3. The average Bonchev–Trinajstić information content (AvgIpc) is 2.99. The number of thiocarbonyl (C=S) groups is 1. The van der Waals surface area contributed by atoms with Crippen LogP contribution in [0.25, 0.3) is 10.2 Å². The molecule has 0 saturated carbocycles. The monoisotopic (exact) mass is 386 g/mol. The van der Waals surface area contributed by atoms with Crippen LogP contribution in [0.1, 0.15) is 21.8 Å². The van der Waals surface area contributed by atoms with E-state index < -0.39 is 0 Å². The molecule has 0 aliphatic rings. The van der Waals surface area contributed by atoms with Gasteiger partial charge in [0.2, 0.25) is 0 Å². The number of hydrogen-bond donors (Lipinski definition) is 2. The molecule has 0 aliphatic heterocycles. The van der Waals surface area contributed by atoms with Crippen molar-refractivity contribution in [3.8, 4) is 6.07 Å². The Balaban J connectivity index is 1.56. The van der Waals surface area contributed by atoms with Crippen LogP contribution in [-0.4, -0.2) is 14.3 Å². The number of fused-ring (bicyclic) bond motifs is 1. The van der Waals surface area contributed by atoms with Crippen LogP contribution in [0.5, 0.6) is 0 Å². The van der Waals surface area contributed by atoms with E-state index in [1.165, 1.54) is 23.1 Å². The molecule has 8 heteroatoms. The summed E-state index contributed by atoms with van der Waals surface area (Å²) < 4.78 is 0.634. The van der Waals surface area contributed by atoms with E-state index in [4.69, 9.17) is 17.5 Å². The highest BCUT2D eigenvalue weighted by molar-refractivity contribution is 8.22. The maximum Gasteiger partial charge on any atom is 0.259 e. The van der Waals surface area contributed by atoms with Gasteiger partial charge >= 0.3 is 0 Å².